The number of alkyl halides is 5. The summed E-state index contributed by atoms with van der Waals surface area (Å²) < 4.78 is 91.6. The SMILES string of the molecule is CC(C)(C)[S@@](=O)N[C@@H](CC(C)(C)C(F)(F)F)c1nc2ccc([C@@H](O)NC(=O)CC3CC(F)(F)C3)cc2n1COCC[Si-](C)(C)C. The van der Waals surface area contributed by atoms with Gasteiger partial charge in [-0.1, -0.05) is 19.9 Å². The van der Waals surface area contributed by atoms with Gasteiger partial charge in [0.05, 0.1) is 38.2 Å². The molecule has 45 heavy (non-hydrogen) atoms. The largest absolute Gasteiger partial charge is 0.394 e. The highest BCUT2D eigenvalue weighted by Crippen LogP contribution is 2.45. The molecule has 1 fully saturated rings. The number of carbonyl (C=O) groups excluding carboxylic acids is 1. The van der Waals surface area contributed by atoms with E-state index >= 15 is 0 Å². The van der Waals surface area contributed by atoms with Crippen LogP contribution >= 0.6 is 0 Å². The molecule has 3 atom stereocenters. The Morgan fingerprint density at radius 2 is 1.80 bits per heavy atom. The zero-order chi connectivity index (χ0) is 34.2. The summed E-state index contributed by atoms with van der Waals surface area (Å²) in [7, 11) is -3.21. The van der Waals surface area contributed by atoms with Gasteiger partial charge < -0.3 is 19.7 Å². The lowest BCUT2D eigenvalue weighted by atomic mass is 9.79. The number of aromatic nitrogens is 2. The third-order valence-electron chi connectivity index (χ3n) is 7.88. The van der Waals surface area contributed by atoms with Gasteiger partial charge in [-0.3, -0.25) is 4.79 Å². The molecule has 1 aromatic carbocycles. The van der Waals surface area contributed by atoms with E-state index < -0.39 is 71.8 Å². The van der Waals surface area contributed by atoms with Crippen molar-refractivity contribution < 1.29 is 40.8 Å². The predicted molar refractivity (Wildman–Crippen MR) is 167 cm³/mol. The van der Waals surface area contributed by atoms with E-state index in [1.165, 1.54) is 6.07 Å². The lowest BCUT2D eigenvalue weighted by Crippen LogP contribution is -2.41. The zero-order valence-corrected chi connectivity index (χ0v) is 29.1. The minimum Gasteiger partial charge on any atom is -0.369 e. The van der Waals surface area contributed by atoms with Crippen LogP contribution in [-0.4, -0.2) is 56.3 Å². The maximum Gasteiger partial charge on any atom is 0.394 e. The summed E-state index contributed by atoms with van der Waals surface area (Å²) in [4.78, 5) is 17.1. The summed E-state index contributed by atoms with van der Waals surface area (Å²) in [5.41, 5.74) is -1.07. The first-order valence-corrected chi connectivity index (χ1v) is 19.9. The van der Waals surface area contributed by atoms with Crippen molar-refractivity contribution in [2.75, 3.05) is 6.61 Å². The second kappa shape index (κ2) is 13.7. The number of aliphatic hydroxyl groups excluding tert-OH is 1. The summed E-state index contributed by atoms with van der Waals surface area (Å²) in [5.74, 6) is -3.61. The molecule has 3 rings (SSSR count). The Kier molecular flexibility index (Phi) is 11.4. The van der Waals surface area contributed by atoms with Crippen LogP contribution < -0.4 is 10.0 Å². The molecule has 3 N–H and O–H groups in total. The van der Waals surface area contributed by atoms with Crippen LogP contribution in [0.25, 0.3) is 11.0 Å². The number of nitrogens with one attached hydrogen (secondary N) is 2. The van der Waals surface area contributed by atoms with Crippen molar-refractivity contribution in [1.29, 1.82) is 0 Å². The van der Waals surface area contributed by atoms with Crippen LogP contribution in [0.1, 0.15) is 84.0 Å². The Balaban J connectivity index is 2.00. The fourth-order valence-corrected chi connectivity index (χ4v) is 6.43. The molecule has 1 amide bonds. The molecule has 257 valence electrons. The van der Waals surface area contributed by atoms with E-state index in [0.29, 0.717) is 17.6 Å². The standard InChI is InChI=1S/C30H47F5N4O4SSi/c1-27(2,3)44(42)38-22(17-28(4,5)30(33,34)35)25-36-21-10-9-20(14-23(21)39(25)18-43-11-12-45(6,7)8)26(41)37-24(40)13-19-15-29(31,32)16-19/h9-10,14,19,22,26,38,41H,11-13,15-18H2,1-8H3,(H,37,40)/q-1/t22-,26+,44+/m0/s1. The Bertz CT molecular complexity index is 1360. The van der Waals surface area contributed by atoms with Crippen molar-refractivity contribution in [3.05, 3.63) is 29.6 Å². The van der Waals surface area contributed by atoms with E-state index in [-0.39, 0.29) is 37.4 Å². The molecule has 1 aliphatic carbocycles. The van der Waals surface area contributed by atoms with Gasteiger partial charge in [-0.05, 0) is 45.2 Å². The highest BCUT2D eigenvalue weighted by Gasteiger charge is 2.49. The van der Waals surface area contributed by atoms with Crippen LogP contribution in [0.15, 0.2) is 18.2 Å². The van der Waals surface area contributed by atoms with Gasteiger partial charge in [0, 0.05) is 31.4 Å². The molecule has 0 saturated heterocycles. The minimum atomic E-state index is -4.55. The molecular formula is C30H47F5N4O4SSi-. The molecule has 1 heterocycles. The lowest BCUT2D eigenvalue weighted by molar-refractivity contribution is -0.215. The topological polar surface area (TPSA) is 105 Å². The summed E-state index contributed by atoms with van der Waals surface area (Å²) in [6.07, 6.45) is -7.37. The quantitative estimate of drug-likeness (QED) is 0.0865. The maximum atomic E-state index is 14.1. The first-order valence-electron chi connectivity index (χ1n) is 15.1. The van der Waals surface area contributed by atoms with Crippen LogP contribution in [0, 0.1) is 11.3 Å². The van der Waals surface area contributed by atoms with E-state index in [9.17, 15) is 36.1 Å². The van der Waals surface area contributed by atoms with Crippen LogP contribution in [0.4, 0.5) is 22.0 Å². The summed E-state index contributed by atoms with van der Waals surface area (Å²) in [5, 5.41) is 13.2. The van der Waals surface area contributed by atoms with Crippen molar-refractivity contribution in [2.45, 2.75) is 122 Å². The van der Waals surface area contributed by atoms with E-state index in [2.05, 4.69) is 34.7 Å². The maximum absolute atomic E-state index is 14.1. The predicted octanol–water partition coefficient (Wildman–Crippen LogP) is 6.96. The van der Waals surface area contributed by atoms with Gasteiger partial charge >= 0.3 is 6.18 Å². The average Bonchev–Trinajstić information content (AvgIpc) is 3.20. The molecule has 8 nitrogen and oxygen atoms in total. The van der Waals surface area contributed by atoms with Gasteiger partial charge in [0.1, 0.15) is 12.6 Å². The zero-order valence-electron chi connectivity index (χ0n) is 27.3. The molecule has 0 spiro atoms. The van der Waals surface area contributed by atoms with E-state index in [4.69, 9.17) is 4.74 Å². The number of rotatable bonds is 14. The molecule has 1 saturated carbocycles. The van der Waals surface area contributed by atoms with Crippen molar-refractivity contribution in [3.8, 4) is 0 Å². The van der Waals surface area contributed by atoms with E-state index in [1.807, 2.05) is 0 Å². The highest BCUT2D eigenvalue weighted by atomic mass is 32.2. The number of carbonyl (C=O) groups is 1. The third-order valence-corrected chi connectivity index (χ3v) is 11.2. The number of halogens is 5. The smallest absolute Gasteiger partial charge is 0.369 e. The first-order chi connectivity index (χ1) is 20.4. The summed E-state index contributed by atoms with van der Waals surface area (Å²) in [6.45, 7) is 14.2. The summed E-state index contributed by atoms with van der Waals surface area (Å²) in [6, 6.07) is 4.40. The number of hydrogen-bond acceptors (Lipinski definition) is 5. The number of fused-ring (bicyclic) bond motifs is 1. The molecular weight excluding hydrogens is 635 g/mol. The van der Waals surface area contributed by atoms with Crippen LogP contribution in [0.2, 0.25) is 25.7 Å². The fourth-order valence-electron chi connectivity index (χ4n) is 4.87. The van der Waals surface area contributed by atoms with Gasteiger partial charge in [-0.15, -0.1) is 14.1 Å². The van der Waals surface area contributed by atoms with Crippen LogP contribution in [0.5, 0.6) is 0 Å². The van der Waals surface area contributed by atoms with Gasteiger partial charge in [0.25, 0.3) is 0 Å². The number of benzene rings is 1. The fraction of sp³-hybridized carbons (Fsp3) is 0.733. The molecule has 2 aromatic rings. The molecule has 0 bridgehead atoms. The molecule has 0 aliphatic heterocycles. The molecule has 1 aromatic heterocycles. The van der Waals surface area contributed by atoms with Crippen LogP contribution in [0.3, 0.4) is 0 Å². The number of nitrogens with zero attached hydrogens (tertiary/aromatic N) is 2. The molecule has 1 aliphatic rings. The number of imidazole rings is 1. The number of ether oxygens (including phenoxy) is 1. The Morgan fingerprint density at radius 1 is 1.18 bits per heavy atom. The first kappa shape index (κ1) is 37.5. The third kappa shape index (κ3) is 10.3. The molecule has 0 radical (unpaired) electrons. The van der Waals surface area contributed by atoms with Gasteiger partial charge in [-0.2, -0.15) is 32.8 Å². The van der Waals surface area contributed by atoms with Gasteiger partial charge in [0.15, 0.2) is 6.23 Å². The Labute approximate surface area is 265 Å². The van der Waals surface area contributed by atoms with Crippen molar-refractivity contribution in [2.24, 2.45) is 11.3 Å². The summed E-state index contributed by atoms with van der Waals surface area (Å²) >= 11 is 0. The van der Waals surface area contributed by atoms with Crippen molar-refractivity contribution >= 4 is 36.0 Å². The molecule has 15 heteroatoms. The highest BCUT2D eigenvalue weighted by molar-refractivity contribution is 7.84. The van der Waals surface area contributed by atoms with Crippen molar-refractivity contribution in [1.82, 2.24) is 19.6 Å². The number of amides is 1. The Morgan fingerprint density at radius 3 is 2.33 bits per heavy atom. The van der Waals surface area contributed by atoms with Crippen LogP contribution in [-0.2, 0) is 27.2 Å². The van der Waals surface area contributed by atoms with E-state index in [1.54, 1.807) is 37.5 Å². The minimum absolute atomic E-state index is 0.0646. The normalized spacial score (nSPS) is 18.4. The van der Waals surface area contributed by atoms with E-state index in [0.717, 1.165) is 19.9 Å². The van der Waals surface area contributed by atoms with Gasteiger partial charge in [-0.25, -0.2) is 22.7 Å². The van der Waals surface area contributed by atoms with Crippen molar-refractivity contribution in [3.63, 3.8) is 0 Å². The average molecular weight is 683 g/mol. The van der Waals surface area contributed by atoms with Gasteiger partial charge in [0.2, 0.25) is 11.8 Å². The second-order valence-electron chi connectivity index (χ2n) is 14.9. The lowest BCUT2D eigenvalue weighted by Gasteiger charge is -2.34. The number of hydrogen-bond donors (Lipinski definition) is 3. The Hall–Kier alpha value is -1.94. The monoisotopic (exact) mass is 682 g/mol. The molecule has 0 unspecified atom stereocenters. The second-order valence-corrected chi connectivity index (χ2v) is 22.6. The number of aliphatic hydroxyl groups is 1.